The van der Waals surface area contributed by atoms with Gasteiger partial charge in [-0.1, -0.05) is 25.1 Å². The molecule has 1 amide bonds. The molecular formula is C26H30N6O2. The summed E-state index contributed by atoms with van der Waals surface area (Å²) >= 11 is 0. The van der Waals surface area contributed by atoms with Crippen molar-refractivity contribution >= 4 is 28.6 Å². The van der Waals surface area contributed by atoms with Crippen LogP contribution >= 0.6 is 0 Å². The highest BCUT2D eigenvalue weighted by Gasteiger charge is 2.18. The molecule has 0 bridgehead atoms. The molecule has 176 valence electrons. The molecule has 1 fully saturated rings. The van der Waals surface area contributed by atoms with Crippen molar-refractivity contribution in [3.63, 3.8) is 0 Å². The monoisotopic (exact) mass is 458 g/mol. The van der Waals surface area contributed by atoms with Crippen molar-refractivity contribution in [1.29, 1.82) is 0 Å². The smallest absolute Gasteiger partial charge is 0.270 e. The van der Waals surface area contributed by atoms with E-state index in [1.165, 1.54) is 5.56 Å². The summed E-state index contributed by atoms with van der Waals surface area (Å²) in [6.07, 6.45) is 2.51. The van der Waals surface area contributed by atoms with Crippen molar-refractivity contribution < 1.29 is 9.53 Å². The van der Waals surface area contributed by atoms with Gasteiger partial charge in [-0.3, -0.25) is 9.78 Å². The number of aromatic nitrogens is 3. The number of hydrogen-bond acceptors (Lipinski definition) is 6. The molecule has 2 aromatic carbocycles. The summed E-state index contributed by atoms with van der Waals surface area (Å²) in [5, 5.41) is 9.60. The third-order valence-electron chi connectivity index (χ3n) is 5.76. The maximum Gasteiger partial charge on any atom is 0.270 e. The third-order valence-corrected chi connectivity index (χ3v) is 5.76. The van der Waals surface area contributed by atoms with E-state index in [0.29, 0.717) is 17.2 Å². The summed E-state index contributed by atoms with van der Waals surface area (Å²) in [6.45, 7) is 3.76. The van der Waals surface area contributed by atoms with Crippen molar-refractivity contribution in [3.05, 3.63) is 72.1 Å². The van der Waals surface area contributed by atoms with Gasteiger partial charge >= 0.3 is 0 Å². The lowest BCUT2D eigenvalue weighted by atomic mass is 10.2. The number of anilines is 2. The fourth-order valence-electron chi connectivity index (χ4n) is 3.89. The zero-order chi connectivity index (χ0) is 22.8. The van der Waals surface area contributed by atoms with Crippen LogP contribution in [0.4, 0.5) is 11.6 Å². The van der Waals surface area contributed by atoms with Gasteiger partial charge in [0.15, 0.2) is 0 Å². The lowest BCUT2D eigenvalue weighted by molar-refractivity contribution is 0.0934. The van der Waals surface area contributed by atoms with Gasteiger partial charge in [0.05, 0.1) is 11.0 Å². The minimum absolute atomic E-state index is 0. The molecule has 1 atom stereocenters. The standard InChI is InChI=1S/C25H26N6O2.CH4/c1-16-3-5-17(6-4-16)29-25-30-21-13-19(7-8-23(21)31(25)2)33-20-10-12-27-22(14-20)24(32)28-18-9-11-26-15-18;/h3-8,10,12-14,18,26H,9,11,15H2,1-2H3,(H,28,32)(H,29,30);1H4/t18-;/m1./s1. The number of carbonyl (C=O) groups excluding carboxylic acids is 1. The van der Waals surface area contributed by atoms with Gasteiger partial charge in [0, 0.05) is 43.7 Å². The zero-order valence-corrected chi connectivity index (χ0v) is 18.6. The fourth-order valence-corrected chi connectivity index (χ4v) is 3.89. The molecule has 3 heterocycles. The number of imidazole rings is 1. The Kier molecular flexibility index (Phi) is 6.79. The quantitative estimate of drug-likeness (QED) is 0.393. The zero-order valence-electron chi connectivity index (χ0n) is 18.6. The van der Waals surface area contributed by atoms with E-state index in [0.717, 1.165) is 42.2 Å². The molecule has 1 saturated heterocycles. The first kappa shape index (κ1) is 23.3. The first-order chi connectivity index (χ1) is 16.0. The largest absolute Gasteiger partial charge is 0.457 e. The number of fused-ring (bicyclic) bond motifs is 1. The van der Waals surface area contributed by atoms with Crippen LogP contribution in [0.5, 0.6) is 11.5 Å². The number of benzene rings is 2. The van der Waals surface area contributed by atoms with Crippen molar-refractivity contribution in [1.82, 2.24) is 25.2 Å². The summed E-state index contributed by atoms with van der Waals surface area (Å²) in [7, 11) is 1.97. The molecule has 34 heavy (non-hydrogen) atoms. The molecule has 0 radical (unpaired) electrons. The first-order valence-electron chi connectivity index (χ1n) is 11.0. The SMILES string of the molecule is C.Cc1ccc(Nc2nc3cc(Oc4ccnc(C(=O)N[C@@H]5CCNC5)c4)ccc3n2C)cc1. The Hall–Kier alpha value is -3.91. The molecule has 0 unspecified atom stereocenters. The molecule has 8 heteroatoms. The van der Waals surface area contributed by atoms with E-state index in [-0.39, 0.29) is 19.4 Å². The van der Waals surface area contributed by atoms with E-state index in [1.807, 2.05) is 41.9 Å². The third kappa shape index (κ3) is 5.02. The van der Waals surface area contributed by atoms with Gasteiger partial charge in [-0.2, -0.15) is 0 Å². The minimum Gasteiger partial charge on any atom is -0.457 e. The summed E-state index contributed by atoms with van der Waals surface area (Å²) in [5.41, 5.74) is 4.32. The van der Waals surface area contributed by atoms with Crippen LogP contribution in [-0.2, 0) is 7.05 Å². The molecule has 4 aromatic rings. The van der Waals surface area contributed by atoms with Crippen LogP contribution in [0.25, 0.3) is 11.0 Å². The molecule has 1 aliphatic heterocycles. The van der Waals surface area contributed by atoms with Gasteiger partial charge in [-0.15, -0.1) is 0 Å². The molecule has 8 nitrogen and oxygen atoms in total. The van der Waals surface area contributed by atoms with E-state index >= 15 is 0 Å². The normalized spacial score (nSPS) is 15.1. The molecular weight excluding hydrogens is 428 g/mol. The Labute approximate surface area is 199 Å². The average molecular weight is 459 g/mol. The molecule has 3 N–H and O–H groups in total. The number of nitrogens with zero attached hydrogens (tertiary/aromatic N) is 3. The van der Waals surface area contributed by atoms with E-state index in [1.54, 1.807) is 18.3 Å². The van der Waals surface area contributed by atoms with Crippen LogP contribution in [0.3, 0.4) is 0 Å². The van der Waals surface area contributed by atoms with Gasteiger partial charge in [-0.25, -0.2) is 4.98 Å². The van der Waals surface area contributed by atoms with Crippen LogP contribution < -0.4 is 20.7 Å². The molecule has 2 aromatic heterocycles. The molecule has 5 rings (SSSR count). The number of rotatable bonds is 6. The van der Waals surface area contributed by atoms with Gasteiger partial charge in [-0.05, 0) is 50.2 Å². The Morgan fingerprint density at radius 3 is 2.68 bits per heavy atom. The number of hydrogen-bond donors (Lipinski definition) is 3. The van der Waals surface area contributed by atoms with E-state index in [2.05, 4.69) is 40.0 Å². The summed E-state index contributed by atoms with van der Waals surface area (Å²) in [4.78, 5) is 21.4. The number of ether oxygens (including phenoxy) is 1. The second-order valence-electron chi connectivity index (χ2n) is 8.28. The summed E-state index contributed by atoms with van der Waals surface area (Å²) < 4.78 is 8.03. The highest BCUT2D eigenvalue weighted by atomic mass is 16.5. The lowest BCUT2D eigenvalue weighted by Gasteiger charge is -2.11. The van der Waals surface area contributed by atoms with Crippen molar-refractivity contribution in [2.45, 2.75) is 26.8 Å². The van der Waals surface area contributed by atoms with Crippen molar-refractivity contribution in [3.8, 4) is 11.5 Å². The van der Waals surface area contributed by atoms with Crippen LogP contribution in [-0.4, -0.2) is 39.6 Å². The average Bonchev–Trinajstić information content (AvgIpc) is 3.43. The number of pyridine rings is 1. The maximum atomic E-state index is 12.5. The summed E-state index contributed by atoms with van der Waals surface area (Å²) in [6, 6.07) is 17.5. The molecule has 1 aliphatic rings. The lowest BCUT2D eigenvalue weighted by Crippen LogP contribution is -2.36. The number of nitrogens with one attached hydrogen (secondary N) is 3. The van der Waals surface area contributed by atoms with Gasteiger partial charge in [0.1, 0.15) is 17.2 Å². The first-order valence-corrected chi connectivity index (χ1v) is 11.0. The van der Waals surface area contributed by atoms with Gasteiger partial charge in [0.25, 0.3) is 5.91 Å². The highest BCUT2D eigenvalue weighted by molar-refractivity contribution is 5.92. The van der Waals surface area contributed by atoms with Crippen LogP contribution in [0.15, 0.2) is 60.8 Å². The minimum atomic E-state index is -0.193. The Morgan fingerprint density at radius 1 is 1.12 bits per heavy atom. The van der Waals surface area contributed by atoms with Crippen LogP contribution in [0, 0.1) is 6.92 Å². The number of aryl methyl sites for hydroxylation is 2. The van der Waals surface area contributed by atoms with Crippen LogP contribution in [0.2, 0.25) is 0 Å². The maximum absolute atomic E-state index is 12.5. The second kappa shape index (κ2) is 9.93. The van der Waals surface area contributed by atoms with E-state index in [4.69, 9.17) is 9.72 Å². The van der Waals surface area contributed by atoms with Crippen molar-refractivity contribution in [2.24, 2.45) is 7.05 Å². The van der Waals surface area contributed by atoms with Crippen molar-refractivity contribution in [2.75, 3.05) is 18.4 Å². The fraction of sp³-hybridized carbons (Fsp3) is 0.269. The second-order valence-corrected chi connectivity index (χ2v) is 8.28. The molecule has 0 spiro atoms. The van der Waals surface area contributed by atoms with Gasteiger partial charge < -0.3 is 25.3 Å². The Bertz CT molecular complexity index is 1290. The number of amides is 1. The molecule has 0 aliphatic carbocycles. The van der Waals surface area contributed by atoms with E-state index < -0.39 is 0 Å². The highest BCUT2D eigenvalue weighted by Crippen LogP contribution is 2.28. The summed E-state index contributed by atoms with van der Waals surface area (Å²) in [5.74, 6) is 1.74. The predicted octanol–water partition coefficient (Wildman–Crippen LogP) is 4.54. The molecule has 0 saturated carbocycles. The number of carbonyl (C=O) groups is 1. The Morgan fingerprint density at radius 2 is 1.91 bits per heavy atom. The van der Waals surface area contributed by atoms with Crippen LogP contribution in [0.1, 0.15) is 29.9 Å². The van der Waals surface area contributed by atoms with E-state index in [9.17, 15) is 4.79 Å². The predicted molar refractivity (Wildman–Crippen MR) is 135 cm³/mol. The topological polar surface area (TPSA) is 93.1 Å². The Balaban J connectivity index is 0.00000274. The van der Waals surface area contributed by atoms with Gasteiger partial charge in [0.2, 0.25) is 5.95 Å².